The zero-order chi connectivity index (χ0) is 17.5. The highest BCUT2D eigenvalue weighted by molar-refractivity contribution is 6.32. The minimum atomic E-state index is 0.430. The summed E-state index contributed by atoms with van der Waals surface area (Å²) in [7, 11) is 0. The zero-order valence-corrected chi connectivity index (χ0v) is 14.6. The monoisotopic (exact) mass is 358 g/mol. The molecule has 0 fully saturated rings. The van der Waals surface area contributed by atoms with Crippen LogP contribution in [-0.4, -0.2) is 21.5 Å². The largest absolute Gasteiger partial charge is 0.490 e. The van der Waals surface area contributed by atoms with E-state index in [0.717, 1.165) is 11.1 Å². The van der Waals surface area contributed by atoms with Gasteiger partial charge in [-0.15, -0.1) is 10.2 Å². The fourth-order valence-corrected chi connectivity index (χ4v) is 2.61. The molecule has 0 saturated carbocycles. The van der Waals surface area contributed by atoms with Gasteiger partial charge in [-0.1, -0.05) is 41.9 Å². The van der Waals surface area contributed by atoms with Crippen LogP contribution in [0.25, 0.3) is 0 Å². The standard InChI is InChI=1S/C18H19ClN4O2/c1-2-24-17-9-15(10-22-23-12-20-21-13-23)8-16(19)18(17)25-11-14-6-4-3-5-7-14/h3-9,12-13,22H,2,10-11H2,1H3. The molecule has 0 aliphatic rings. The zero-order valence-electron chi connectivity index (χ0n) is 13.9. The number of benzene rings is 2. The van der Waals surface area contributed by atoms with E-state index in [1.165, 1.54) is 0 Å². The van der Waals surface area contributed by atoms with E-state index in [-0.39, 0.29) is 0 Å². The minimum absolute atomic E-state index is 0.430. The Balaban J connectivity index is 1.74. The maximum absolute atomic E-state index is 6.43. The van der Waals surface area contributed by atoms with Crippen LogP contribution in [0.2, 0.25) is 5.02 Å². The Morgan fingerprint density at radius 2 is 1.80 bits per heavy atom. The average Bonchev–Trinajstić information content (AvgIpc) is 3.14. The van der Waals surface area contributed by atoms with Crippen molar-refractivity contribution in [2.75, 3.05) is 12.0 Å². The lowest BCUT2D eigenvalue weighted by Crippen LogP contribution is -2.12. The first kappa shape index (κ1) is 17.1. The van der Waals surface area contributed by atoms with E-state index >= 15 is 0 Å². The summed E-state index contributed by atoms with van der Waals surface area (Å²) < 4.78 is 13.3. The second-order valence-electron chi connectivity index (χ2n) is 5.32. The third kappa shape index (κ3) is 4.64. The lowest BCUT2D eigenvalue weighted by Gasteiger charge is -2.16. The smallest absolute Gasteiger partial charge is 0.180 e. The Morgan fingerprint density at radius 1 is 1.04 bits per heavy atom. The molecule has 0 bridgehead atoms. The number of ether oxygens (including phenoxy) is 2. The molecule has 0 aliphatic heterocycles. The fraction of sp³-hybridized carbons (Fsp3) is 0.222. The molecule has 1 aromatic heterocycles. The lowest BCUT2D eigenvalue weighted by atomic mass is 10.2. The molecule has 130 valence electrons. The second kappa shape index (κ2) is 8.39. The van der Waals surface area contributed by atoms with Crippen molar-refractivity contribution in [1.82, 2.24) is 14.9 Å². The van der Waals surface area contributed by atoms with Crippen LogP contribution in [0.5, 0.6) is 11.5 Å². The fourth-order valence-electron chi connectivity index (χ4n) is 2.32. The van der Waals surface area contributed by atoms with E-state index in [9.17, 15) is 0 Å². The van der Waals surface area contributed by atoms with E-state index in [4.69, 9.17) is 21.1 Å². The summed E-state index contributed by atoms with van der Waals surface area (Å²) in [5.41, 5.74) is 5.19. The molecule has 0 unspecified atom stereocenters. The Labute approximate surface area is 151 Å². The molecule has 0 atom stereocenters. The summed E-state index contributed by atoms with van der Waals surface area (Å²) >= 11 is 6.43. The highest BCUT2D eigenvalue weighted by Crippen LogP contribution is 2.37. The quantitative estimate of drug-likeness (QED) is 0.666. The molecule has 0 saturated heterocycles. The molecule has 0 aliphatic carbocycles. The van der Waals surface area contributed by atoms with Gasteiger partial charge in [-0.3, -0.25) is 0 Å². The van der Waals surface area contributed by atoms with Crippen LogP contribution < -0.4 is 14.9 Å². The molecular weight excluding hydrogens is 340 g/mol. The first-order valence-electron chi connectivity index (χ1n) is 7.96. The first-order chi connectivity index (χ1) is 12.3. The molecule has 1 heterocycles. The van der Waals surface area contributed by atoms with Gasteiger partial charge in [0.2, 0.25) is 0 Å². The lowest BCUT2D eigenvalue weighted by molar-refractivity contribution is 0.269. The Bertz CT molecular complexity index is 794. The molecule has 25 heavy (non-hydrogen) atoms. The molecule has 1 N–H and O–H groups in total. The Kier molecular flexibility index (Phi) is 5.74. The van der Waals surface area contributed by atoms with E-state index in [1.807, 2.05) is 49.4 Å². The summed E-state index contributed by atoms with van der Waals surface area (Å²) in [4.78, 5) is 0. The van der Waals surface area contributed by atoms with Crippen LogP contribution in [0.4, 0.5) is 0 Å². The number of hydrogen-bond donors (Lipinski definition) is 1. The van der Waals surface area contributed by atoms with Crippen LogP contribution >= 0.6 is 11.6 Å². The van der Waals surface area contributed by atoms with Crippen LogP contribution in [0.3, 0.4) is 0 Å². The predicted octanol–water partition coefficient (Wildman–Crippen LogP) is 3.65. The normalized spacial score (nSPS) is 10.5. The van der Waals surface area contributed by atoms with Gasteiger partial charge in [0, 0.05) is 0 Å². The summed E-state index contributed by atoms with van der Waals surface area (Å²) in [5.74, 6) is 1.19. The summed E-state index contributed by atoms with van der Waals surface area (Å²) in [5, 5.41) is 8.01. The molecule has 0 radical (unpaired) electrons. The van der Waals surface area contributed by atoms with Gasteiger partial charge in [-0.2, -0.15) is 0 Å². The first-order valence-corrected chi connectivity index (χ1v) is 8.34. The maximum Gasteiger partial charge on any atom is 0.180 e. The van der Waals surface area contributed by atoms with Crippen LogP contribution in [0.15, 0.2) is 55.1 Å². The van der Waals surface area contributed by atoms with E-state index < -0.39 is 0 Å². The third-order valence-corrected chi connectivity index (χ3v) is 3.76. The Morgan fingerprint density at radius 3 is 2.52 bits per heavy atom. The third-order valence-electron chi connectivity index (χ3n) is 3.48. The van der Waals surface area contributed by atoms with Crippen molar-refractivity contribution in [2.24, 2.45) is 0 Å². The SMILES string of the molecule is CCOc1cc(CNn2cnnc2)cc(Cl)c1OCc1ccccc1. The number of nitrogens with one attached hydrogen (secondary N) is 1. The number of aromatic nitrogens is 3. The second-order valence-corrected chi connectivity index (χ2v) is 5.72. The van der Waals surface area contributed by atoms with E-state index in [0.29, 0.717) is 36.3 Å². The van der Waals surface area contributed by atoms with E-state index in [1.54, 1.807) is 17.3 Å². The van der Waals surface area contributed by atoms with E-state index in [2.05, 4.69) is 15.6 Å². The van der Waals surface area contributed by atoms with Crippen LogP contribution in [0, 0.1) is 0 Å². The molecular formula is C18H19ClN4O2. The van der Waals surface area contributed by atoms with Crippen LogP contribution in [-0.2, 0) is 13.2 Å². The molecule has 3 rings (SSSR count). The Hall–Kier alpha value is -2.73. The highest BCUT2D eigenvalue weighted by Gasteiger charge is 2.13. The summed E-state index contributed by atoms with van der Waals surface area (Å²) in [6.07, 6.45) is 3.17. The molecule has 3 aromatic rings. The van der Waals surface area contributed by atoms with Crippen LogP contribution in [0.1, 0.15) is 18.1 Å². The number of hydrogen-bond acceptors (Lipinski definition) is 5. The number of nitrogens with zero attached hydrogens (tertiary/aromatic N) is 3. The number of halogens is 1. The molecule has 0 amide bonds. The average molecular weight is 359 g/mol. The van der Waals surface area contributed by atoms with Gasteiger partial charge in [0.05, 0.1) is 18.2 Å². The van der Waals surface area contributed by atoms with Gasteiger partial charge in [0.15, 0.2) is 11.5 Å². The van der Waals surface area contributed by atoms with Crippen molar-refractivity contribution in [3.05, 3.63) is 71.3 Å². The van der Waals surface area contributed by atoms with Crippen molar-refractivity contribution in [3.63, 3.8) is 0 Å². The maximum atomic E-state index is 6.43. The number of rotatable bonds is 8. The summed E-state index contributed by atoms with van der Waals surface area (Å²) in [6, 6.07) is 13.7. The molecule has 2 aromatic carbocycles. The van der Waals surface area contributed by atoms with Crippen molar-refractivity contribution < 1.29 is 9.47 Å². The van der Waals surface area contributed by atoms with Gasteiger partial charge >= 0.3 is 0 Å². The topological polar surface area (TPSA) is 61.2 Å². The minimum Gasteiger partial charge on any atom is -0.490 e. The van der Waals surface area contributed by atoms with Gasteiger partial charge in [-0.05, 0) is 30.2 Å². The molecule has 6 nitrogen and oxygen atoms in total. The van der Waals surface area contributed by atoms with Gasteiger partial charge in [0.25, 0.3) is 0 Å². The van der Waals surface area contributed by atoms with Crippen molar-refractivity contribution in [3.8, 4) is 11.5 Å². The van der Waals surface area contributed by atoms with Crippen molar-refractivity contribution in [2.45, 2.75) is 20.1 Å². The predicted molar refractivity (Wildman–Crippen MR) is 96.5 cm³/mol. The highest BCUT2D eigenvalue weighted by atomic mass is 35.5. The van der Waals surface area contributed by atoms with Crippen molar-refractivity contribution >= 4 is 11.6 Å². The van der Waals surface area contributed by atoms with Crippen molar-refractivity contribution in [1.29, 1.82) is 0 Å². The summed E-state index contributed by atoms with van der Waals surface area (Å²) in [6.45, 7) is 3.44. The molecule has 0 spiro atoms. The van der Waals surface area contributed by atoms with Gasteiger partial charge < -0.3 is 14.9 Å². The van der Waals surface area contributed by atoms with Gasteiger partial charge in [0.1, 0.15) is 19.3 Å². The van der Waals surface area contributed by atoms with Gasteiger partial charge in [-0.25, -0.2) is 4.68 Å². The molecule has 7 heteroatoms.